The molecule has 0 aliphatic heterocycles. The molecule has 0 saturated carbocycles. The number of carbonyl (C=O) groups excluding carboxylic acids is 1. The third kappa shape index (κ3) is 9.67. The number of carbonyl (C=O) groups is 1. The molecule has 0 spiro atoms. The molecule has 1 rings (SSSR count). The lowest BCUT2D eigenvalue weighted by atomic mass is 9.77. The highest BCUT2D eigenvalue weighted by atomic mass is 16.1. The number of allylic oxidation sites excluding steroid dienone is 5. The van der Waals surface area contributed by atoms with E-state index < -0.39 is 0 Å². The third-order valence-corrected chi connectivity index (χ3v) is 5.89. The van der Waals surface area contributed by atoms with Gasteiger partial charge in [0.1, 0.15) is 0 Å². The van der Waals surface area contributed by atoms with Gasteiger partial charge < -0.3 is 21.7 Å². The Kier molecular flexibility index (Phi) is 12.1. The van der Waals surface area contributed by atoms with Gasteiger partial charge in [0.2, 0.25) is 5.91 Å². The van der Waals surface area contributed by atoms with Crippen LogP contribution in [0.25, 0.3) is 0 Å². The Morgan fingerprint density at radius 1 is 1.13 bits per heavy atom. The van der Waals surface area contributed by atoms with Crippen LogP contribution in [0, 0.1) is 17.8 Å². The molecule has 0 aromatic heterocycles. The molecule has 0 bridgehead atoms. The van der Waals surface area contributed by atoms with Crippen LogP contribution in [0.3, 0.4) is 0 Å². The summed E-state index contributed by atoms with van der Waals surface area (Å²) in [7, 11) is 0. The number of rotatable bonds is 13. The molecule has 176 valence electrons. The maximum absolute atomic E-state index is 12.9. The van der Waals surface area contributed by atoms with Crippen LogP contribution in [-0.2, 0) is 4.79 Å². The van der Waals surface area contributed by atoms with Crippen molar-refractivity contribution in [3.05, 3.63) is 47.5 Å². The van der Waals surface area contributed by atoms with E-state index >= 15 is 0 Å². The van der Waals surface area contributed by atoms with Crippen molar-refractivity contribution in [1.29, 1.82) is 0 Å². The standard InChI is InChI=1S/C26H46N4O/c1-7-8-9-10-17-30(24(28)15-14-21(6)27)18-16-25(31)29-26-22(19(2)3)12-11-13-23(26)20(4)5/h11-15,19-20,22,26H,7-10,16-18,27-28H2,1-6H3,(H,29,31)/b21-14+,24-15+. The topological polar surface area (TPSA) is 84.4 Å². The van der Waals surface area contributed by atoms with E-state index in [-0.39, 0.29) is 11.9 Å². The zero-order valence-corrected chi connectivity index (χ0v) is 20.7. The molecule has 5 nitrogen and oxygen atoms in total. The van der Waals surface area contributed by atoms with Crippen LogP contribution >= 0.6 is 0 Å². The van der Waals surface area contributed by atoms with Crippen LogP contribution in [-0.4, -0.2) is 29.9 Å². The zero-order chi connectivity index (χ0) is 23.4. The molecule has 0 aromatic rings. The number of nitrogens with zero attached hydrogens (tertiary/aromatic N) is 1. The second-order valence-corrected chi connectivity index (χ2v) is 9.37. The van der Waals surface area contributed by atoms with Gasteiger partial charge in [-0.05, 0) is 42.9 Å². The van der Waals surface area contributed by atoms with Crippen molar-refractivity contribution < 1.29 is 4.79 Å². The molecular formula is C26H46N4O. The summed E-state index contributed by atoms with van der Waals surface area (Å²) in [5.74, 6) is 1.92. The molecule has 31 heavy (non-hydrogen) atoms. The third-order valence-electron chi connectivity index (χ3n) is 5.89. The van der Waals surface area contributed by atoms with E-state index in [2.05, 4.69) is 63.1 Å². The van der Waals surface area contributed by atoms with Crippen LogP contribution in [0.4, 0.5) is 0 Å². The first-order chi connectivity index (χ1) is 14.7. The van der Waals surface area contributed by atoms with Crippen molar-refractivity contribution in [2.75, 3.05) is 13.1 Å². The number of nitrogens with two attached hydrogens (primary N) is 2. The van der Waals surface area contributed by atoms with Gasteiger partial charge in [-0.15, -0.1) is 0 Å². The van der Waals surface area contributed by atoms with Gasteiger partial charge in [0.05, 0.1) is 11.9 Å². The first-order valence-electron chi connectivity index (χ1n) is 12.0. The highest BCUT2D eigenvalue weighted by Crippen LogP contribution is 2.30. The minimum atomic E-state index is 0.0613. The van der Waals surface area contributed by atoms with Gasteiger partial charge in [-0.2, -0.15) is 0 Å². The molecule has 1 aliphatic carbocycles. The molecular weight excluding hydrogens is 384 g/mol. The van der Waals surface area contributed by atoms with Crippen LogP contribution in [0.15, 0.2) is 47.5 Å². The predicted octanol–water partition coefficient (Wildman–Crippen LogP) is 4.83. The van der Waals surface area contributed by atoms with Crippen LogP contribution < -0.4 is 16.8 Å². The number of hydrogen-bond donors (Lipinski definition) is 3. The monoisotopic (exact) mass is 430 g/mol. The Morgan fingerprint density at radius 2 is 1.84 bits per heavy atom. The molecule has 5 N–H and O–H groups in total. The summed E-state index contributed by atoms with van der Waals surface area (Å²) in [5, 5.41) is 3.33. The van der Waals surface area contributed by atoms with Crippen molar-refractivity contribution in [2.45, 2.75) is 79.7 Å². The second-order valence-electron chi connectivity index (χ2n) is 9.37. The van der Waals surface area contributed by atoms with Gasteiger partial charge in [0, 0.05) is 31.1 Å². The fourth-order valence-corrected chi connectivity index (χ4v) is 3.97. The molecule has 0 aromatic carbocycles. The molecule has 1 amide bonds. The fraction of sp³-hybridized carbons (Fsp3) is 0.654. The van der Waals surface area contributed by atoms with Crippen LogP contribution in [0.1, 0.15) is 73.6 Å². The Balaban J connectivity index is 2.80. The average Bonchev–Trinajstić information content (AvgIpc) is 2.71. The fourth-order valence-electron chi connectivity index (χ4n) is 3.97. The lowest BCUT2D eigenvalue weighted by molar-refractivity contribution is -0.122. The quantitative estimate of drug-likeness (QED) is 0.289. The largest absolute Gasteiger partial charge is 0.402 e. The molecule has 0 saturated heterocycles. The van der Waals surface area contributed by atoms with E-state index in [0.717, 1.165) is 13.0 Å². The number of unbranched alkanes of at least 4 members (excludes halogenated alkanes) is 3. The van der Waals surface area contributed by atoms with Crippen LogP contribution in [0.5, 0.6) is 0 Å². The minimum Gasteiger partial charge on any atom is -0.402 e. The maximum atomic E-state index is 12.9. The number of amides is 1. The van der Waals surface area contributed by atoms with Gasteiger partial charge >= 0.3 is 0 Å². The van der Waals surface area contributed by atoms with Gasteiger partial charge in [-0.3, -0.25) is 4.79 Å². The Hall–Kier alpha value is -2.17. The Morgan fingerprint density at radius 3 is 2.42 bits per heavy atom. The van der Waals surface area contributed by atoms with E-state index in [1.54, 1.807) is 0 Å². The van der Waals surface area contributed by atoms with E-state index in [4.69, 9.17) is 11.5 Å². The molecule has 5 heteroatoms. The van der Waals surface area contributed by atoms with Crippen molar-refractivity contribution in [1.82, 2.24) is 10.2 Å². The van der Waals surface area contributed by atoms with Gasteiger partial charge in [0.25, 0.3) is 0 Å². The summed E-state index contributed by atoms with van der Waals surface area (Å²) in [6, 6.07) is 0.0613. The smallest absolute Gasteiger partial charge is 0.222 e. The summed E-state index contributed by atoms with van der Waals surface area (Å²) in [5.41, 5.74) is 14.1. The van der Waals surface area contributed by atoms with Crippen molar-refractivity contribution >= 4 is 5.91 Å². The minimum absolute atomic E-state index is 0.0613. The number of hydrogen-bond acceptors (Lipinski definition) is 4. The summed E-state index contributed by atoms with van der Waals surface area (Å²) in [6.07, 6.45) is 15.3. The summed E-state index contributed by atoms with van der Waals surface area (Å²) < 4.78 is 0. The number of nitrogens with one attached hydrogen (secondary N) is 1. The zero-order valence-electron chi connectivity index (χ0n) is 20.7. The summed E-state index contributed by atoms with van der Waals surface area (Å²) >= 11 is 0. The van der Waals surface area contributed by atoms with Crippen molar-refractivity contribution in [2.24, 2.45) is 29.2 Å². The SMILES string of the molecule is CCCCCCN(CCC(=O)NC1C(C(C)C)=CC=CC1C(C)C)/C(N)=C/C=C(\C)N. The normalized spacial score (nSPS) is 19.7. The Labute approximate surface area is 190 Å². The summed E-state index contributed by atoms with van der Waals surface area (Å²) in [6.45, 7) is 14.3. The highest BCUT2D eigenvalue weighted by Gasteiger charge is 2.30. The molecule has 2 unspecified atom stereocenters. The molecule has 1 aliphatic rings. The highest BCUT2D eigenvalue weighted by molar-refractivity contribution is 5.77. The van der Waals surface area contributed by atoms with Crippen molar-refractivity contribution in [3.63, 3.8) is 0 Å². The first kappa shape index (κ1) is 26.9. The van der Waals surface area contributed by atoms with E-state index in [0.29, 0.717) is 42.2 Å². The molecule has 2 atom stereocenters. The van der Waals surface area contributed by atoms with E-state index in [1.807, 2.05) is 19.1 Å². The van der Waals surface area contributed by atoms with E-state index in [1.165, 1.54) is 24.8 Å². The van der Waals surface area contributed by atoms with Gasteiger partial charge in [-0.25, -0.2) is 0 Å². The predicted molar refractivity (Wildman–Crippen MR) is 133 cm³/mol. The Bertz CT molecular complexity index is 669. The average molecular weight is 431 g/mol. The second kappa shape index (κ2) is 14.0. The molecule has 0 fully saturated rings. The summed E-state index contributed by atoms with van der Waals surface area (Å²) in [4.78, 5) is 15.0. The van der Waals surface area contributed by atoms with E-state index in [9.17, 15) is 4.79 Å². The lowest BCUT2D eigenvalue weighted by Crippen LogP contribution is -2.45. The van der Waals surface area contributed by atoms with Crippen LogP contribution in [0.2, 0.25) is 0 Å². The van der Waals surface area contributed by atoms with Gasteiger partial charge in [-0.1, -0.05) is 72.1 Å². The first-order valence-corrected chi connectivity index (χ1v) is 12.0. The lowest BCUT2D eigenvalue weighted by Gasteiger charge is -2.35. The van der Waals surface area contributed by atoms with Gasteiger partial charge in [0.15, 0.2) is 0 Å². The van der Waals surface area contributed by atoms with Crippen molar-refractivity contribution in [3.8, 4) is 0 Å². The molecule has 0 radical (unpaired) electrons. The molecule has 0 heterocycles. The maximum Gasteiger partial charge on any atom is 0.222 e.